The summed E-state index contributed by atoms with van der Waals surface area (Å²) >= 11 is 0. The fourth-order valence-corrected chi connectivity index (χ4v) is 2.25. The van der Waals surface area contributed by atoms with E-state index in [0.717, 1.165) is 24.8 Å². The smallest absolute Gasteiger partial charge is 0.247 e. The molecule has 0 unspecified atom stereocenters. The topological polar surface area (TPSA) is 80.0 Å². The quantitative estimate of drug-likeness (QED) is 0.918. The Morgan fingerprint density at radius 1 is 1.30 bits per heavy atom. The molecule has 1 aliphatic rings. The Labute approximate surface area is 117 Å². The summed E-state index contributed by atoms with van der Waals surface area (Å²) in [6, 6.07) is 1.81. The second-order valence-corrected chi connectivity index (χ2v) is 5.26. The first-order valence-electron chi connectivity index (χ1n) is 6.86. The van der Waals surface area contributed by atoms with Gasteiger partial charge in [-0.1, -0.05) is 12.1 Å². The summed E-state index contributed by atoms with van der Waals surface area (Å²) in [5, 5.41) is 15.1. The first-order valence-corrected chi connectivity index (χ1v) is 6.86. The summed E-state index contributed by atoms with van der Waals surface area (Å²) in [4.78, 5) is 6.66. The van der Waals surface area contributed by atoms with Crippen molar-refractivity contribution in [1.82, 2.24) is 20.3 Å². The molecule has 0 bridgehead atoms. The standard InChI is InChI=1S/C13H18N6O/c1-9-3-5-19(6-4-9)13-16-12(8-14-17-13)15-11-7-10(2)20-18-11/h7-9H,3-6H2,1-2H3,(H,15,16,17,18). The van der Waals surface area contributed by atoms with Gasteiger partial charge in [0, 0.05) is 19.2 Å². The predicted molar refractivity (Wildman–Crippen MR) is 75.0 cm³/mol. The molecule has 20 heavy (non-hydrogen) atoms. The number of anilines is 3. The second-order valence-electron chi connectivity index (χ2n) is 5.26. The number of rotatable bonds is 3. The van der Waals surface area contributed by atoms with Crippen LogP contribution in [0.2, 0.25) is 0 Å². The van der Waals surface area contributed by atoms with E-state index in [1.165, 1.54) is 12.8 Å². The van der Waals surface area contributed by atoms with E-state index in [1.807, 2.05) is 13.0 Å². The molecule has 0 saturated carbocycles. The van der Waals surface area contributed by atoms with Gasteiger partial charge >= 0.3 is 0 Å². The Bertz CT molecular complexity index is 576. The highest BCUT2D eigenvalue weighted by atomic mass is 16.5. The number of hydrogen-bond donors (Lipinski definition) is 1. The minimum absolute atomic E-state index is 0.626. The van der Waals surface area contributed by atoms with Gasteiger partial charge in [-0.05, 0) is 25.7 Å². The molecular formula is C13H18N6O. The van der Waals surface area contributed by atoms with E-state index in [0.29, 0.717) is 17.6 Å². The van der Waals surface area contributed by atoms with Crippen LogP contribution in [-0.4, -0.2) is 33.4 Å². The number of aryl methyl sites for hydroxylation is 1. The summed E-state index contributed by atoms with van der Waals surface area (Å²) in [5.41, 5.74) is 0. The van der Waals surface area contributed by atoms with Gasteiger partial charge in [0.2, 0.25) is 5.95 Å². The van der Waals surface area contributed by atoms with Crippen molar-refractivity contribution in [2.75, 3.05) is 23.3 Å². The van der Waals surface area contributed by atoms with Gasteiger partial charge in [-0.2, -0.15) is 10.1 Å². The molecule has 0 radical (unpaired) electrons. The fraction of sp³-hybridized carbons (Fsp3) is 0.538. The summed E-state index contributed by atoms with van der Waals surface area (Å²) in [7, 11) is 0. The summed E-state index contributed by atoms with van der Waals surface area (Å²) in [6.07, 6.45) is 3.92. The van der Waals surface area contributed by atoms with E-state index in [1.54, 1.807) is 6.20 Å². The van der Waals surface area contributed by atoms with Gasteiger partial charge in [0.25, 0.3) is 0 Å². The molecule has 7 nitrogen and oxygen atoms in total. The van der Waals surface area contributed by atoms with Crippen LogP contribution in [0.25, 0.3) is 0 Å². The van der Waals surface area contributed by atoms with Crippen LogP contribution in [0.5, 0.6) is 0 Å². The monoisotopic (exact) mass is 274 g/mol. The maximum absolute atomic E-state index is 5.01. The number of hydrogen-bond acceptors (Lipinski definition) is 7. The molecule has 0 aromatic carbocycles. The van der Waals surface area contributed by atoms with Crippen molar-refractivity contribution in [2.45, 2.75) is 26.7 Å². The third-order valence-corrected chi connectivity index (χ3v) is 3.50. The summed E-state index contributed by atoms with van der Waals surface area (Å²) < 4.78 is 5.01. The van der Waals surface area contributed by atoms with Crippen LogP contribution in [0.1, 0.15) is 25.5 Å². The van der Waals surface area contributed by atoms with Crippen molar-refractivity contribution in [2.24, 2.45) is 5.92 Å². The lowest BCUT2D eigenvalue weighted by Crippen LogP contribution is -2.34. The lowest BCUT2D eigenvalue weighted by molar-refractivity contribution is 0.400. The van der Waals surface area contributed by atoms with Crippen LogP contribution in [0, 0.1) is 12.8 Å². The van der Waals surface area contributed by atoms with Crippen molar-refractivity contribution < 1.29 is 4.52 Å². The van der Waals surface area contributed by atoms with E-state index in [2.05, 4.69) is 37.5 Å². The SMILES string of the molecule is Cc1cc(Nc2cnnc(N3CCC(C)CC3)n2)no1. The molecule has 0 aliphatic carbocycles. The molecule has 3 rings (SSSR count). The highest BCUT2D eigenvalue weighted by Crippen LogP contribution is 2.21. The van der Waals surface area contributed by atoms with Gasteiger partial charge in [0.05, 0.1) is 6.20 Å². The minimum atomic E-state index is 0.626. The Morgan fingerprint density at radius 3 is 2.80 bits per heavy atom. The van der Waals surface area contributed by atoms with Crippen LogP contribution < -0.4 is 10.2 Å². The second kappa shape index (κ2) is 5.44. The Balaban J connectivity index is 1.72. The zero-order chi connectivity index (χ0) is 13.9. The van der Waals surface area contributed by atoms with Crippen molar-refractivity contribution >= 4 is 17.6 Å². The van der Waals surface area contributed by atoms with E-state index < -0.39 is 0 Å². The van der Waals surface area contributed by atoms with Gasteiger partial charge in [-0.15, -0.1) is 5.10 Å². The third kappa shape index (κ3) is 2.87. The lowest BCUT2D eigenvalue weighted by Gasteiger charge is -2.29. The van der Waals surface area contributed by atoms with Gasteiger partial charge in [-0.25, -0.2) is 0 Å². The highest BCUT2D eigenvalue weighted by Gasteiger charge is 2.18. The first kappa shape index (κ1) is 12.8. The lowest BCUT2D eigenvalue weighted by atomic mass is 10.00. The van der Waals surface area contributed by atoms with Crippen LogP contribution in [0.15, 0.2) is 16.8 Å². The molecule has 0 spiro atoms. The molecule has 106 valence electrons. The van der Waals surface area contributed by atoms with Crippen molar-refractivity contribution in [3.05, 3.63) is 18.0 Å². The van der Waals surface area contributed by atoms with Crippen LogP contribution in [0.4, 0.5) is 17.6 Å². The van der Waals surface area contributed by atoms with Crippen molar-refractivity contribution in [3.63, 3.8) is 0 Å². The van der Waals surface area contributed by atoms with E-state index in [-0.39, 0.29) is 0 Å². The molecule has 1 fully saturated rings. The largest absolute Gasteiger partial charge is 0.360 e. The molecule has 0 atom stereocenters. The molecule has 3 heterocycles. The van der Waals surface area contributed by atoms with E-state index >= 15 is 0 Å². The van der Waals surface area contributed by atoms with Crippen LogP contribution in [-0.2, 0) is 0 Å². The molecule has 1 saturated heterocycles. The summed E-state index contributed by atoms with van der Waals surface area (Å²) in [6.45, 7) is 6.09. The highest BCUT2D eigenvalue weighted by molar-refractivity contribution is 5.51. The molecule has 2 aromatic heterocycles. The Hall–Kier alpha value is -2.18. The number of nitrogens with zero attached hydrogens (tertiary/aromatic N) is 5. The zero-order valence-electron chi connectivity index (χ0n) is 11.7. The van der Waals surface area contributed by atoms with E-state index in [9.17, 15) is 0 Å². The average Bonchev–Trinajstić information content (AvgIpc) is 2.85. The molecule has 0 amide bonds. The fourth-order valence-electron chi connectivity index (χ4n) is 2.25. The molecule has 1 N–H and O–H groups in total. The van der Waals surface area contributed by atoms with Gasteiger partial charge in [0.1, 0.15) is 5.76 Å². The van der Waals surface area contributed by atoms with Gasteiger partial charge < -0.3 is 14.7 Å². The molecule has 1 aliphatic heterocycles. The first-order chi connectivity index (χ1) is 9.70. The molecular weight excluding hydrogens is 256 g/mol. The number of aromatic nitrogens is 4. The number of nitrogens with one attached hydrogen (secondary N) is 1. The van der Waals surface area contributed by atoms with Gasteiger partial charge in [-0.3, -0.25) is 0 Å². The summed E-state index contributed by atoms with van der Waals surface area (Å²) in [5.74, 6) is 3.45. The van der Waals surface area contributed by atoms with Crippen molar-refractivity contribution in [1.29, 1.82) is 0 Å². The Kier molecular flexibility index (Phi) is 3.49. The van der Waals surface area contributed by atoms with Gasteiger partial charge in [0.15, 0.2) is 11.6 Å². The zero-order valence-corrected chi connectivity index (χ0v) is 11.7. The van der Waals surface area contributed by atoms with Crippen LogP contribution >= 0.6 is 0 Å². The molecule has 7 heteroatoms. The average molecular weight is 274 g/mol. The third-order valence-electron chi connectivity index (χ3n) is 3.50. The predicted octanol–water partition coefficient (Wildman–Crippen LogP) is 2.15. The molecule has 2 aromatic rings. The minimum Gasteiger partial charge on any atom is -0.360 e. The maximum atomic E-state index is 5.01. The van der Waals surface area contributed by atoms with E-state index in [4.69, 9.17) is 4.52 Å². The number of piperidine rings is 1. The Morgan fingerprint density at radius 2 is 2.10 bits per heavy atom. The van der Waals surface area contributed by atoms with Crippen molar-refractivity contribution in [3.8, 4) is 0 Å². The normalized spacial score (nSPS) is 16.4. The van der Waals surface area contributed by atoms with Crippen LogP contribution in [0.3, 0.4) is 0 Å². The maximum Gasteiger partial charge on any atom is 0.247 e.